The van der Waals surface area contributed by atoms with Crippen molar-refractivity contribution in [2.75, 3.05) is 20.8 Å². The molecule has 0 aromatic rings. The first kappa shape index (κ1) is 13.4. The van der Waals surface area contributed by atoms with Crippen LogP contribution in [0.2, 0.25) is 0 Å². The lowest BCUT2D eigenvalue weighted by Gasteiger charge is -2.24. The lowest BCUT2D eigenvalue weighted by molar-refractivity contribution is -0.137. The third-order valence-corrected chi connectivity index (χ3v) is 3.06. The molecule has 3 atom stereocenters. The van der Waals surface area contributed by atoms with E-state index in [1.807, 2.05) is 6.92 Å². The van der Waals surface area contributed by atoms with Crippen molar-refractivity contribution >= 4 is 5.91 Å². The van der Waals surface area contributed by atoms with Gasteiger partial charge in [-0.15, -0.1) is 0 Å². The van der Waals surface area contributed by atoms with Gasteiger partial charge in [0, 0.05) is 14.2 Å². The van der Waals surface area contributed by atoms with Crippen molar-refractivity contribution in [3.05, 3.63) is 0 Å². The van der Waals surface area contributed by atoms with Gasteiger partial charge in [-0.25, -0.2) is 0 Å². The van der Waals surface area contributed by atoms with Crippen LogP contribution in [0.4, 0.5) is 0 Å². The first-order valence-corrected chi connectivity index (χ1v) is 5.69. The lowest BCUT2D eigenvalue weighted by atomic mass is 10.0. The highest BCUT2D eigenvalue weighted by Gasteiger charge is 2.31. The maximum atomic E-state index is 11.9. The first-order valence-electron chi connectivity index (χ1n) is 5.69. The molecule has 0 aromatic heterocycles. The van der Waals surface area contributed by atoms with Crippen LogP contribution in [0.5, 0.6) is 0 Å². The van der Waals surface area contributed by atoms with Gasteiger partial charge in [0.05, 0.1) is 12.1 Å². The van der Waals surface area contributed by atoms with Crippen LogP contribution in [0.3, 0.4) is 0 Å². The fraction of sp³-hybridized carbons (Fsp3) is 0.909. The molecular weight excluding hydrogens is 208 g/mol. The summed E-state index contributed by atoms with van der Waals surface area (Å²) in [6, 6.07) is -0.242. The Balaban J connectivity index is 2.44. The van der Waals surface area contributed by atoms with Gasteiger partial charge < -0.3 is 20.1 Å². The zero-order valence-corrected chi connectivity index (χ0v) is 10.4. The van der Waals surface area contributed by atoms with E-state index < -0.39 is 6.29 Å². The fourth-order valence-corrected chi connectivity index (χ4v) is 2.07. The number of amides is 1. The smallest absolute Gasteiger partial charge is 0.237 e. The summed E-state index contributed by atoms with van der Waals surface area (Å²) in [6.07, 6.45) is 0.644. The minimum absolute atomic E-state index is 0.0246. The Labute approximate surface area is 96.9 Å². The minimum Gasteiger partial charge on any atom is -0.354 e. The van der Waals surface area contributed by atoms with Crippen LogP contribution in [0.15, 0.2) is 0 Å². The zero-order chi connectivity index (χ0) is 12.1. The SMILES string of the molecule is COC(OC)C(C)NC(=O)C1NCCC1C. The molecule has 1 aliphatic heterocycles. The van der Waals surface area contributed by atoms with E-state index in [0.29, 0.717) is 5.92 Å². The highest BCUT2D eigenvalue weighted by molar-refractivity contribution is 5.82. The van der Waals surface area contributed by atoms with E-state index in [1.165, 1.54) is 0 Å². The number of hydrogen-bond acceptors (Lipinski definition) is 4. The normalized spacial score (nSPS) is 27.1. The summed E-state index contributed by atoms with van der Waals surface area (Å²) in [4.78, 5) is 11.9. The van der Waals surface area contributed by atoms with E-state index in [-0.39, 0.29) is 18.0 Å². The Morgan fingerprint density at radius 2 is 2.06 bits per heavy atom. The molecule has 5 heteroatoms. The quantitative estimate of drug-likeness (QED) is 0.658. The fourth-order valence-electron chi connectivity index (χ4n) is 2.07. The molecule has 3 unspecified atom stereocenters. The van der Waals surface area contributed by atoms with Gasteiger partial charge in [0.1, 0.15) is 0 Å². The summed E-state index contributed by atoms with van der Waals surface area (Å²) >= 11 is 0. The predicted octanol–water partition coefficient (Wildman–Crippen LogP) is 0.108. The van der Waals surface area contributed by atoms with Gasteiger partial charge in [0.15, 0.2) is 6.29 Å². The van der Waals surface area contributed by atoms with Gasteiger partial charge >= 0.3 is 0 Å². The molecule has 94 valence electrons. The molecule has 0 saturated carbocycles. The Morgan fingerprint density at radius 1 is 1.44 bits per heavy atom. The van der Waals surface area contributed by atoms with Crippen molar-refractivity contribution in [2.24, 2.45) is 5.92 Å². The third kappa shape index (κ3) is 3.17. The number of ether oxygens (including phenoxy) is 2. The largest absolute Gasteiger partial charge is 0.354 e. The number of methoxy groups -OCH3 is 2. The molecule has 1 fully saturated rings. The summed E-state index contributed by atoms with van der Waals surface area (Å²) in [5, 5.41) is 6.10. The monoisotopic (exact) mass is 230 g/mol. The van der Waals surface area contributed by atoms with E-state index in [4.69, 9.17) is 9.47 Å². The number of carbonyl (C=O) groups excluding carboxylic acids is 1. The molecule has 1 amide bonds. The molecule has 2 N–H and O–H groups in total. The molecule has 0 spiro atoms. The Morgan fingerprint density at radius 3 is 2.50 bits per heavy atom. The van der Waals surface area contributed by atoms with Crippen LogP contribution in [-0.4, -0.2) is 45.0 Å². The summed E-state index contributed by atoms with van der Waals surface area (Å²) in [6.45, 7) is 4.86. The first-order chi connectivity index (χ1) is 7.60. The second kappa shape index (κ2) is 6.18. The van der Waals surface area contributed by atoms with Gasteiger partial charge in [-0.1, -0.05) is 6.92 Å². The molecule has 16 heavy (non-hydrogen) atoms. The van der Waals surface area contributed by atoms with Crippen molar-refractivity contribution in [3.63, 3.8) is 0 Å². The average Bonchev–Trinajstić information content (AvgIpc) is 2.66. The van der Waals surface area contributed by atoms with Gasteiger partial charge in [-0.2, -0.15) is 0 Å². The maximum Gasteiger partial charge on any atom is 0.237 e. The van der Waals surface area contributed by atoms with Gasteiger partial charge in [-0.3, -0.25) is 4.79 Å². The molecule has 0 radical (unpaired) electrons. The van der Waals surface area contributed by atoms with Gasteiger partial charge in [0.25, 0.3) is 0 Å². The van der Waals surface area contributed by atoms with Crippen molar-refractivity contribution in [2.45, 2.75) is 38.6 Å². The van der Waals surface area contributed by atoms with E-state index in [0.717, 1.165) is 13.0 Å². The Hall–Kier alpha value is -0.650. The number of rotatable bonds is 5. The summed E-state index contributed by atoms with van der Waals surface area (Å²) < 4.78 is 10.2. The maximum absolute atomic E-state index is 11.9. The van der Waals surface area contributed by atoms with E-state index in [1.54, 1.807) is 14.2 Å². The van der Waals surface area contributed by atoms with Crippen molar-refractivity contribution in [1.29, 1.82) is 0 Å². The average molecular weight is 230 g/mol. The van der Waals surface area contributed by atoms with E-state index in [2.05, 4.69) is 17.6 Å². The van der Waals surface area contributed by atoms with Crippen LogP contribution >= 0.6 is 0 Å². The summed E-state index contributed by atoms with van der Waals surface area (Å²) in [7, 11) is 3.13. The number of carbonyl (C=O) groups is 1. The zero-order valence-electron chi connectivity index (χ0n) is 10.4. The molecule has 0 aromatic carbocycles. The molecule has 1 rings (SSSR count). The molecular formula is C11H22N2O3. The standard InChI is InChI=1S/C11H22N2O3/c1-7-5-6-12-9(7)10(14)13-8(2)11(15-3)16-4/h7-9,11-12H,5-6H2,1-4H3,(H,13,14). The van der Waals surface area contributed by atoms with Crippen molar-refractivity contribution in [1.82, 2.24) is 10.6 Å². The molecule has 1 saturated heterocycles. The van der Waals surface area contributed by atoms with E-state index >= 15 is 0 Å². The second-order valence-corrected chi connectivity index (χ2v) is 4.33. The highest BCUT2D eigenvalue weighted by atomic mass is 16.7. The topological polar surface area (TPSA) is 59.6 Å². The Bertz CT molecular complexity index is 231. The van der Waals surface area contributed by atoms with Crippen LogP contribution in [0.25, 0.3) is 0 Å². The van der Waals surface area contributed by atoms with Crippen LogP contribution in [-0.2, 0) is 14.3 Å². The molecule has 1 heterocycles. The number of nitrogens with one attached hydrogen (secondary N) is 2. The van der Waals surface area contributed by atoms with Gasteiger partial charge in [-0.05, 0) is 25.8 Å². The van der Waals surface area contributed by atoms with Crippen LogP contribution in [0.1, 0.15) is 20.3 Å². The lowest BCUT2D eigenvalue weighted by Crippen LogP contribution is -2.50. The summed E-state index contributed by atoms with van der Waals surface area (Å²) in [5.41, 5.74) is 0. The van der Waals surface area contributed by atoms with E-state index in [9.17, 15) is 4.79 Å². The second-order valence-electron chi connectivity index (χ2n) is 4.33. The van der Waals surface area contributed by atoms with Gasteiger partial charge in [0.2, 0.25) is 5.91 Å². The Kier molecular flexibility index (Phi) is 5.18. The predicted molar refractivity (Wildman–Crippen MR) is 61.0 cm³/mol. The summed E-state index contributed by atoms with van der Waals surface area (Å²) in [5.74, 6) is 0.410. The van der Waals surface area contributed by atoms with Crippen molar-refractivity contribution < 1.29 is 14.3 Å². The van der Waals surface area contributed by atoms with Crippen molar-refractivity contribution in [3.8, 4) is 0 Å². The molecule has 0 bridgehead atoms. The molecule has 5 nitrogen and oxygen atoms in total. The minimum atomic E-state index is -0.402. The van der Waals surface area contributed by atoms with Crippen LogP contribution in [0, 0.1) is 5.92 Å². The van der Waals surface area contributed by atoms with Crippen LogP contribution < -0.4 is 10.6 Å². The molecule has 1 aliphatic rings. The number of hydrogen-bond donors (Lipinski definition) is 2. The molecule has 0 aliphatic carbocycles. The highest BCUT2D eigenvalue weighted by Crippen LogP contribution is 2.14. The third-order valence-electron chi connectivity index (χ3n) is 3.06.